The number of nitrogens with zero attached hydrogens (tertiary/aromatic N) is 3. The normalized spacial score (nSPS) is 10.9. The molecule has 0 aliphatic rings. The summed E-state index contributed by atoms with van der Waals surface area (Å²) in [6.45, 7) is 4.17. The molecule has 0 saturated heterocycles. The molecule has 2 heterocycles. The number of hydrogen-bond donors (Lipinski definition) is 1. The van der Waals surface area contributed by atoms with Crippen molar-refractivity contribution in [3.05, 3.63) is 84.4 Å². The van der Waals surface area contributed by atoms with Crippen molar-refractivity contribution >= 4 is 16.9 Å². The zero-order valence-electron chi connectivity index (χ0n) is 17.3. The number of rotatable bonds is 9. The van der Waals surface area contributed by atoms with E-state index in [1.165, 1.54) is 0 Å². The van der Waals surface area contributed by atoms with Crippen LogP contribution < -0.4 is 10.1 Å². The summed E-state index contributed by atoms with van der Waals surface area (Å²) in [5.41, 5.74) is 4.17. The van der Waals surface area contributed by atoms with Gasteiger partial charge >= 0.3 is 0 Å². The Morgan fingerprint density at radius 1 is 1.10 bits per heavy atom. The van der Waals surface area contributed by atoms with Gasteiger partial charge in [-0.3, -0.25) is 14.3 Å². The summed E-state index contributed by atoms with van der Waals surface area (Å²) in [7, 11) is 0. The third-order valence-electron chi connectivity index (χ3n) is 4.80. The van der Waals surface area contributed by atoms with Gasteiger partial charge in [0.25, 0.3) is 5.91 Å². The van der Waals surface area contributed by atoms with Gasteiger partial charge in [0.05, 0.1) is 17.6 Å². The summed E-state index contributed by atoms with van der Waals surface area (Å²) in [4.78, 5) is 21.0. The highest BCUT2D eigenvalue weighted by molar-refractivity contribution is 5.97. The number of hydrogen-bond acceptors (Lipinski definition) is 5. The van der Waals surface area contributed by atoms with Gasteiger partial charge in [0.1, 0.15) is 18.7 Å². The molecule has 0 unspecified atom stereocenters. The van der Waals surface area contributed by atoms with Crippen molar-refractivity contribution in [1.82, 2.24) is 19.9 Å². The summed E-state index contributed by atoms with van der Waals surface area (Å²) in [6, 6.07) is 17.1. The van der Waals surface area contributed by atoms with Crippen LogP contribution in [0.15, 0.2) is 73.3 Å². The number of carbonyl (C=O) groups is 1. The van der Waals surface area contributed by atoms with E-state index in [0.717, 1.165) is 28.0 Å². The van der Waals surface area contributed by atoms with Crippen molar-refractivity contribution in [2.75, 3.05) is 19.8 Å². The average molecular weight is 416 g/mol. The molecule has 1 amide bonds. The molecule has 0 atom stereocenters. The van der Waals surface area contributed by atoms with Crippen LogP contribution >= 0.6 is 0 Å². The topological polar surface area (TPSA) is 78.3 Å². The van der Waals surface area contributed by atoms with Crippen molar-refractivity contribution in [2.45, 2.75) is 13.5 Å². The molecule has 2 aromatic carbocycles. The van der Waals surface area contributed by atoms with Gasteiger partial charge in [0, 0.05) is 36.8 Å². The second kappa shape index (κ2) is 9.86. The number of aromatic nitrogens is 3. The standard InChI is InChI=1S/C24H24N4O3/c1-2-30-12-13-31-21-8-6-20(7-9-21)28-17-27-22-14-19(5-10-23(22)28)24(29)26-16-18-4-3-11-25-15-18/h3-11,14-15,17H,2,12-13,16H2,1H3,(H,26,29). The van der Waals surface area contributed by atoms with E-state index in [4.69, 9.17) is 9.47 Å². The van der Waals surface area contributed by atoms with Gasteiger partial charge in [-0.2, -0.15) is 0 Å². The lowest BCUT2D eigenvalue weighted by Gasteiger charge is -2.09. The summed E-state index contributed by atoms with van der Waals surface area (Å²) >= 11 is 0. The monoisotopic (exact) mass is 416 g/mol. The van der Waals surface area contributed by atoms with Crippen molar-refractivity contribution in [2.24, 2.45) is 0 Å². The SMILES string of the molecule is CCOCCOc1ccc(-n2cnc3cc(C(=O)NCc4cccnc4)ccc32)cc1. The maximum Gasteiger partial charge on any atom is 0.251 e. The lowest BCUT2D eigenvalue weighted by atomic mass is 10.1. The van der Waals surface area contributed by atoms with Gasteiger partial charge in [-0.25, -0.2) is 4.98 Å². The first-order valence-corrected chi connectivity index (χ1v) is 10.2. The number of carbonyl (C=O) groups excluding carboxylic acids is 1. The minimum atomic E-state index is -0.145. The maximum absolute atomic E-state index is 12.5. The van der Waals surface area contributed by atoms with Crippen LogP contribution in [0.1, 0.15) is 22.8 Å². The van der Waals surface area contributed by atoms with Crippen molar-refractivity contribution in [3.8, 4) is 11.4 Å². The molecule has 7 nitrogen and oxygen atoms in total. The van der Waals surface area contributed by atoms with Crippen LogP contribution in [0.3, 0.4) is 0 Å². The third kappa shape index (κ3) is 5.07. The summed E-state index contributed by atoms with van der Waals surface area (Å²) in [5, 5.41) is 2.91. The molecule has 0 aliphatic heterocycles. The van der Waals surface area contributed by atoms with Crippen LogP contribution in [0, 0.1) is 0 Å². The van der Waals surface area contributed by atoms with Crippen molar-refractivity contribution in [3.63, 3.8) is 0 Å². The van der Waals surface area contributed by atoms with E-state index in [1.54, 1.807) is 24.8 Å². The fraction of sp³-hybridized carbons (Fsp3) is 0.208. The lowest BCUT2D eigenvalue weighted by Crippen LogP contribution is -2.22. The van der Waals surface area contributed by atoms with E-state index in [2.05, 4.69) is 15.3 Å². The quantitative estimate of drug-likeness (QED) is 0.420. The average Bonchev–Trinajstić information content (AvgIpc) is 3.25. The maximum atomic E-state index is 12.5. The molecular formula is C24H24N4O3. The van der Waals surface area contributed by atoms with Gasteiger partial charge in [-0.05, 0) is 61.0 Å². The first-order chi connectivity index (χ1) is 15.2. The van der Waals surface area contributed by atoms with Gasteiger partial charge in [-0.15, -0.1) is 0 Å². The highest BCUT2D eigenvalue weighted by atomic mass is 16.5. The van der Waals surface area contributed by atoms with Crippen molar-refractivity contribution in [1.29, 1.82) is 0 Å². The Labute approximate surface area is 180 Å². The van der Waals surface area contributed by atoms with E-state index in [1.807, 2.05) is 60.0 Å². The number of imidazole rings is 1. The molecule has 0 saturated carbocycles. The van der Waals surface area contributed by atoms with Crippen LogP contribution in [-0.4, -0.2) is 40.3 Å². The van der Waals surface area contributed by atoms with Crippen LogP contribution in [0.2, 0.25) is 0 Å². The van der Waals surface area contributed by atoms with Crippen LogP contribution in [0.5, 0.6) is 5.75 Å². The number of pyridine rings is 1. The Hall–Kier alpha value is -3.71. The second-order valence-corrected chi connectivity index (χ2v) is 6.90. The Morgan fingerprint density at radius 3 is 2.74 bits per heavy atom. The minimum absolute atomic E-state index is 0.145. The first-order valence-electron chi connectivity index (χ1n) is 10.2. The van der Waals surface area contributed by atoms with Crippen LogP contribution in [0.25, 0.3) is 16.7 Å². The highest BCUT2D eigenvalue weighted by Crippen LogP contribution is 2.21. The number of amides is 1. The fourth-order valence-electron chi connectivity index (χ4n) is 3.21. The molecule has 0 spiro atoms. The number of ether oxygens (including phenoxy) is 2. The molecule has 31 heavy (non-hydrogen) atoms. The minimum Gasteiger partial charge on any atom is -0.491 e. The first kappa shape index (κ1) is 20.6. The number of nitrogens with one attached hydrogen (secondary N) is 1. The van der Waals surface area contributed by atoms with Gasteiger partial charge in [0.2, 0.25) is 0 Å². The van der Waals surface area contributed by atoms with E-state index < -0.39 is 0 Å². The van der Waals surface area contributed by atoms with Gasteiger partial charge in [0.15, 0.2) is 0 Å². The zero-order valence-corrected chi connectivity index (χ0v) is 17.3. The zero-order chi connectivity index (χ0) is 21.5. The third-order valence-corrected chi connectivity index (χ3v) is 4.80. The van der Waals surface area contributed by atoms with E-state index in [0.29, 0.717) is 31.9 Å². The molecule has 7 heteroatoms. The number of fused-ring (bicyclic) bond motifs is 1. The Bertz CT molecular complexity index is 1140. The van der Waals surface area contributed by atoms with Gasteiger partial charge < -0.3 is 14.8 Å². The predicted octanol–water partition coefficient (Wildman–Crippen LogP) is 3.77. The molecule has 2 aromatic heterocycles. The molecule has 4 rings (SSSR count). The molecular weight excluding hydrogens is 392 g/mol. The summed E-state index contributed by atoms with van der Waals surface area (Å²) < 4.78 is 12.9. The summed E-state index contributed by atoms with van der Waals surface area (Å²) in [6.07, 6.45) is 5.20. The Kier molecular flexibility index (Phi) is 6.54. The Morgan fingerprint density at radius 2 is 1.97 bits per heavy atom. The fourth-order valence-corrected chi connectivity index (χ4v) is 3.21. The highest BCUT2D eigenvalue weighted by Gasteiger charge is 2.10. The van der Waals surface area contributed by atoms with Crippen LogP contribution in [-0.2, 0) is 11.3 Å². The second-order valence-electron chi connectivity index (χ2n) is 6.90. The lowest BCUT2D eigenvalue weighted by molar-refractivity contribution is 0.0951. The Balaban J connectivity index is 1.44. The molecule has 0 radical (unpaired) electrons. The van der Waals surface area contributed by atoms with E-state index >= 15 is 0 Å². The van der Waals surface area contributed by atoms with Crippen LogP contribution in [0.4, 0.5) is 0 Å². The summed E-state index contributed by atoms with van der Waals surface area (Å²) in [5.74, 6) is 0.648. The van der Waals surface area contributed by atoms with Gasteiger partial charge in [-0.1, -0.05) is 6.07 Å². The molecule has 0 bridgehead atoms. The molecule has 0 aliphatic carbocycles. The molecule has 4 aromatic rings. The van der Waals surface area contributed by atoms with Crippen molar-refractivity contribution < 1.29 is 14.3 Å². The number of benzene rings is 2. The molecule has 1 N–H and O–H groups in total. The largest absolute Gasteiger partial charge is 0.491 e. The van der Waals surface area contributed by atoms with E-state index in [-0.39, 0.29) is 5.91 Å². The smallest absolute Gasteiger partial charge is 0.251 e. The molecule has 158 valence electrons. The van der Waals surface area contributed by atoms with E-state index in [9.17, 15) is 4.79 Å². The predicted molar refractivity (Wildman–Crippen MR) is 118 cm³/mol. The molecule has 0 fully saturated rings.